The van der Waals surface area contributed by atoms with Gasteiger partial charge in [-0.2, -0.15) is 0 Å². The van der Waals surface area contributed by atoms with Crippen molar-refractivity contribution in [3.8, 4) is 0 Å². The molecule has 18 heavy (non-hydrogen) atoms. The van der Waals surface area contributed by atoms with Crippen LogP contribution in [0.3, 0.4) is 0 Å². The summed E-state index contributed by atoms with van der Waals surface area (Å²) in [7, 11) is 0. The molecule has 1 aliphatic heterocycles. The molecule has 0 bridgehead atoms. The molecule has 0 saturated carbocycles. The molecule has 1 aromatic rings. The summed E-state index contributed by atoms with van der Waals surface area (Å²) in [6, 6.07) is 7.41. The molecule has 1 saturated heterocycles. The molecule has 0 radical (unpaired) electrons. The van der Waals surface area contributed by atoms with Crippen molar-refractivity contribution in [1.29, 1.82) is 0 Å². The van der Waals surface area contributed by atoms with Crippen LogP contribution >= 0.6 is 0 Å². The molecule has 1 aromatic carbocycles. The monoisotopic (exact) mass is 246 g/mol. The number of anilines is 1. The average Bonchev–Trinajstić information content (AvgIpc) is 2.76. The molecule has 1 aliphatic rings. The fourth-order valence-corrected chi connectivity index (χ4v) is 2.02. The van der Waals surface area contributed by atoms with E-state index in [-0.39, 0.29) is 17.9 Å². The van der Waals surface area contributed by atoms with E-state index in [1.165, 1.54) is 5.56 Å². The topological polar surface area (TPSA) is 58.2 Å². The molecular weight excluding hydrogens is 228 g/mol. The van der Waals surface area contributed by atoms with Gasteiger partial charge in [0.25, 0.3) is 0 Å². The maximum absolute atomic E-state index is 11.9. The third-order valence-electron chi connectivity index (χ3n) is 3.13. The van der Waals surface area contributed by atoms with Gasteiger partial charge in [0.15, 0.2) is 0 Å². The molecule has 0 aliphatic carbocycles. The van der Waals surface area contributed by atoms with Gasteiger partial charge in [-0.1, -0.05) is 26.0 Å². The number of nitrogens with one attached hydrogen (secondary N) is 2. The van der Waals surface area contributed by atoms with Crippen LogP contribution in [-0.4, -0.2) is 17.9 Å². The van der Waals surface area contributed by atoms with E-state index in [0.29, 0.717) is 18.8 Å². The van der Waals surface area contributed by atoms with Gasteiger partial charge >= 0.3 is 0 Å². The van der Waals surface area contributed by atoms with Crippen LogP contribution in [0.4, 0.5) is 5.69 Å². The Morgan fingerprint density at radius 2 is 2.22 bits per heavy atom. The molecule has 1 fully saturated rings. The Morgan fingerprint density at radius 3 is 2.83 bits per heavy atom. The average molecular weight is 246 g/mol. The van der Waals surface area contributed by atoms with Gasteiger partial charge < -0.3 is 10.6 Å². The second-order valence-corrected chi connectivity index (χ2v) is 4.93. The van der Waals surface area contributed by atoms with E-state index >= 15 is 0 Å². The summed E-state index contributed by atoms with van der Waals surface area (Å²) in [5, 5.41) is 5.51. The number of hydrogen-bond acceptors (Lipinski definition) is 2. The van der Waals surface area contributed by atoms with Crippen LogP contribution in [0.5, 0.6) is 0 Å². The van der Waals surface area contributed by atoms with Gasteiger partial charge in [0.2, 0.25) is 11.8 Å². The lowest BCUT2D eigenvalue weighted by molar-refractivity contribution is -0.122. The zero-order valence-corrected chi connectivity index (χ0v) is 10.7. The summed E-state index contributed by atoms with van der Waals surface area (Å²) < 4.78 is 0. The van der Waals surface area contributed by atoms with Crippen LogP contribution in [0.2, 0.25) is 0 Å². The number of amides is 2. The van der Waals surface area contributed by atoms with Crippen LogP contribution in [0.25, 0.3) is 0 Å². The zero-order valence-electron chi connectivity index (χ0n) is 10.7. The Labute approximate surface area is 107 Å². The fraction of sp³-hybridized carbons (Fsp3) is 0.429. The first kappa shape index (κ1) is 12.6. The number of rotatable bonds is 3. The van der Waals surface area contributed by atoms with Gasteiger partial charge in [-0.25, -0.2) is 0 Å². The van der Waals surface area contributed by atoms with Gasteiger partial charge in [0.1, 0.15) is 6.04 Å². The second kappa shape index (κ2) is 5.21. The maximum atomic E-state index is 11.9. The van der Waals surface area contributed by atoms with Crippen LogP contribution in [-0.2, 0) is 9.59 Å². The van der Waals surface area contributed by atoms with Crippen LogP contribution < -0.4 is 10.6 Å². The highest BCUT2D eigenvalue weighted by atomic mass is 16.2. The van der Waals surface area contributed by atoms with E-state index < -0.39 is 0 Å². The number of carbonyl (C=O) groups excluding carboxylic acids is 2. The lowest BCUT2D eigenvalue weighted by atomic mass is 10.0. The lowest BCUT2D eigenvalue weighted by Crippen LogP contribution is -2.37. The van der Waals surface area contributed by atoms with Gasteiger partial charge in [-0.15, -0.1) is 0 Å². The van der Waals surface area contributed by atoms with E-state index in [4.69, 9.17) is 0 Å². The lowest BCUT2D eigenvalue weighted by Gasteiger charge is -2.12. The summed E-state index contributed by atoms with van der Waals surface area (Å²) in [5.74, 6) is 0.237. The molecule has 1 heterocycles. The molecule has 1 atom stereocenters. The van der Waals surface area contributed by atoms with Crippen LogP contribution in [0.15, 0.2) is 24.3 Å². The Morgan fingerprint density at radius 1 is 1.44 bits per heavy atom. The fourth-order valence-electron chi connectivity index (χ4n) is 2.02. The molecule has 4 nitrogen and oxygen atoms in total. The Balaban J connectivity index is 2.02. The smallest absolute Gasteiger partial charge is 0.246 e. The van der Waals surface area contributed by atoms with Crippen molar-refractivity contribution in [3.05, 3.63) is 29.8 Å². The van der Waals surface area contributed by atoms with Crippen molar-refractivity contribution in [2.75, 3.05) is 5.32 Å². The molecule has 2 N–H and O–H groups in total. The Hall–Kier alpha value is -1.84. The van der Waals surface area contributed by atoms with E-state index in [1.54, 1.807) is 0 Å². The number of benzene rings is 1. The van der Waals surface area contributed by atoms with Gasteiger partial charge in [0.05, 0.1) is 0 Å². The molecular formula is C14H18N2O2. The van der Waals surface area contributed by atoms with Crippen molar-refractivity contribution in [3.63, 3.8) is 0 Å². The minimum Gasteiger partial charge on any atom is -0.344 e. The molecule has 2 amide bonds. The first-order valence-electron chi connectivity index (χ1n) is 6.26. The van der Waals surface area contributed by atoms with E-state index in [2.05, 4.69) is 24.5 Å². The van der Waals surface area contributed by atoms with E-state index in [9.17, 15) is 9.59 Å². The molecule has 96 valence electrons. The first-order chi connectivity index (χ1) is 8.56. The molecule has 0 spiro atoms. The summed E-state index contributed by atoms with van der Waals surface area (Å²) in [4.78, 5) is 23.0. The number of carbonyl (C=O) groups is 2. The second-order valence-electron chi connectivity index (χ2n) is 4.93. The predicted molar refractivity (Wildman–Crippen MR) is 70.3 cm³/mol. The SMILES string of the molecule is CC(C)c1cccc(NC(=O)C2CCC(=O)N2)c1. The van der Waals surface area contributed by atoms with Crippen molar-refractivity contribution in [1.82, 2.24) is 5.32 Å². The normalized spacial score (nSPS) is 18.8. The first-order valence-corrected chi connectivity index (χ1v) is 6.26. The Bertz CT molecular complexity index is 469. The van der Waals surface area contributed by atoms with Crippen molar-refractivity contribution < 1.29 is 9.59 Å². The van der Waals surface area contributed by atoms with Gasteiger partial charge in [-0.05, 0) is 30.0 Å². The molecule has 4 heteroatoms. The van der Waals surface area contributed by atoms with Gasteiger partial charge in [0, 0.05) is 12.1 Å². The summed E-state index contributed by atoms with van der Waals surface area (Å²) in [5.41, 5.74) is 1.97. The van der Waals surface area contributed by atoms with Gasteiger partial charge in [-0.3, -0.25) is 9.59 Å². The van der Waals surface area contributed by atoms with Crippen LogP contribution in [0.1, 0.15) is 38.2 Å². The van der Waals surface area contributed by atoms with E-state index in [1.807, 2.05) is 24.3 Å². The summed E-state index contributed by atoms with van der Waals surface area (Å²) >= 11 is 0. The van der Waals surface area contributed by atoms with E-state index in [0.717, 1.165) is 5.69 Å². The summed E-state index contributed by atoms with van der Waals surface area (Å²) in [6.07, 6.45) is 1.01. The highest BCUT2D eigenvalue weighted by Crippen LogP contribution is 2.19. The van der Waals surface area contributed by atoms with Crippen molar-refractivity contribution >= 4 is 17.5 Å². The predicted octanol–water partition coefficient (Wildman–Crippen LogP) is 2.03. The van der Waals surface area contributed by atoms with Crippen molar-refractivity contribution in [2.45, 2.75) is 38.6 Å². The molecule has 0 aromatic heterocycles. The van der Waals surface area contributed by atoms with Crippen molar-refractivity contribution in [2.24, 2.45) is 0 Å². The third-order valence-corrected chi connectivity index (χ3v) is 3.13. The minimum absolute atomic E-state index is 0.0499. The molecule has 2 rings (SSSR count). The minimum atomic E-state index is -0.389. The molecule has 1 unspecified atom stereocenters. The van der Waals surface area contributed by atoms with Crippen LogP contribution in [0, 0.1) is 0 Å². The highest BCUT2D eigenvalue weighted by Gasteiger charge is 2.27. The zero-order chi connectivity index (χ0) is 13.1. The standard InChI is InChI=1S/C14H18N2O2/c1-9(2)10-4-3-5-11(8-10)15-14(18)12-6-7-13(17)16-12/h3-5,8-9,12H,6-7H2,1-2H3,(H,15,18)(H,16,17). The third kappa shape index (κ3) is 2.88. The maximum Gasteiger partial charge on any atom is 0.246 e. The largest absolute Gasteiger partial charge is 0.344 e. The summed E-state index contributed by atoms with van der Waals surface area (Å²) in [6.45, 7) is 4.22. The number of hydrogen-bond donors (Lipinski definition) is 2. The highest BCUT2D eigenvalue weighted by molar-refractivity contribution is 5.99. The Kier molecular flexibility index (Phi) is 3.65. The quantitative estimate of drug-likeness (QED) is 0.857.